The summed E-state index contributed by atoms with van der Waals surface area (Å²) in [5.41, 5.74) is 3.91. The lowest BCUT2D eigenvalue weighted by Crippen LogP contribution is -2.52. The van der Waals surface area contributed by atoms with Gasteiger partial charge in [-0.25, -0.2) is 9.97 Å². The van der Waals surface area contributed by atoms with E-state index in [9.17, 15) is 9.59 Å². The maximum atomic E-state index is 12.6. The molecule has 2 fully saturated rings. The van der Waals surface area contributed by atoms with E-state index in [0.29, 0.717) is 45.2 Å². The van der Waals surface area contributed by atoms with Gasteiger partial charge in [-0.3, -0.25) is 9.59 Å². The van der Waals surface area contributed by atoms with Crippen LogP contribution in [-0.4, -0.2) is 93.9 Å². The molecule has 2 saturated heterocycles. The molecule has 8 rings (SSSR count). The Hall–Kier alpha value is -6.30. The number of carbonyl (C=O) groups is 2. The Balaban J connectivity index is 0.000000179. The Bertz CT molecular complexity index is 2330. The van der Waals surface area contributed by atoms with Crippen molar-refractivity contribution in [2.45, 2.75) is 47.7 Å². The predicted octanol–water partition coefficient (Wildman–Crippen LogP) is 7.48. The minimum atomic E-state index is -0.351. The average molecular weight is 793 g/mol. The summed E-state index contributed by atoms with van der Waals surface area (Å²) < 4.78 is 0. The number of hydrogen-bond acceptors (Lipinski definition) is 10. The highest BCUT2D eigenvalue weighted by atomic mass is 16.2. The second-order valence-corrected chi connectivity index (χ2v) is 16.5. The van der Waals surface area contributed by atoms with Gasteiger partial charge in [-0.05, 0) is 35.4 Å². The molecule has 0 spiro atoms. The number of nitrogens with one attached hydrogen (secondary N) is 2. The molecule has 306 valence electrons. The van der Waals surface area contributed by atoms with Gasteiger partial charge in [0.1, 0.15) is 11.6 Å². The fourth-order valence-electron chi connectivity index (χ4n) is 7.32. The Labute approximate surface area is 347 Å². The minimum absolute atomic E-state index is 0.0345. The van der Waals surface area contributed by atoms with Crippen molar-refractivity contribution >= 4 is 57.2 Å². The maximum absolute atomic E-state index is 12.6. The van der Waals surface area contributed by atoms with E-state index in [2.05, 4.69) is 44.7 Å². The number of rotatable bonds is 9. The normalized spacial score (nSPS) is 14.6. The van der Waals surface area contributed by atoms with E-state index in [0.717, 1.165) is 65.6 Å². The van der Waals surface area contributed by atoms with Crippen molar-refractivity contribution in [2.75, 3.05) is 72.8 Å². The molecular formula is C47H56N10O2. The number of para-hydroxylation sites is 2. The standard InChI is InChI=1S/C24H29N5O.C23H27N5O/c1-24(2,3)22(30)28-13-15-29(16-14-28)23-26-20-12-8-7-11-19(20)21(27-23)25-17-18-9-5-4-6-10-18;1-17(2)22(29)27-12-14-28(15-13-27)23-25-20-11-7-6-10-19(20)21(26-23)24-16-18-8-4-3-5-9-18/h4-12H,13-17H2,1-3H3,(H,25,26,27);3-11,17H,12-16H2,1-2H3,(H,24,25,26). The summed E-state index contributed by atoms with van der Waals surface area (Å²) >= 11 is 0. The molecule has 0 radical (unpaired) electrons. The quantitative estimate of drug-likeness (QED) is 0.152. The number of aromatic nitrogens is 4. The van der Waals surface area contributed by atoms with Crippen LogP contribution in [0, 0.1) is 11.3 Å². The Kier molecular flexibility index (Phi) is 12.8. The van der Waals surface area contributed by atoms with E-state index in [1.165, 1.54) is 11.1 Å². The zero-order valence-corrected chi connectivity index (χ0v) is 34.9. The van der Waals surface area contributed by atoms with Gasteiger partial charge in [-0.2, -0.15) is 9.97 Å². The molecule has 12 heteroatoms. The van der Waals surface area contributed by atoms with E-state index in [-0.39, 0.29) is 23.1 Å². The number of anilines is 4. The second kappa shape index (κ2) is 18.5. The van der Waals surface area contributed by atoms with Crippen LogP contribution in [0.2, 0.25) is 0 Å². The van der Waals surface area contributed by atoms with Crippen molar-refractivity contribution < 1.29 is 9.59 Å². The van der Waals surface area contributed by atoms with E-state index in [1.807, 2.05) is 129 Å². The minimum Gasteiger partial charge on any atom is -0.365 e. The lowest BCUT2D eigenvalue weighted by atomic mass is 9.94. The van der Waals surface area contributed by atoms with Crippen LogP contribution < -0.4 is 20.4 Å². The van der Waals surface area contributed by atoms with Gasteiger partial charge in [0.25, 0.3) is 0 Å². The fraction of sp³-hybridized carbons (Fsp3) is 0.362. The van der Waals surface area contributed by atoms with Gasteiger partial charge in [-0.15, -0.1) is 0 Å². The molecule has 2 aromatic heterocycles. The highest BCUT2D eigenvalue weighted by Crippen LogP contribution is 2.27. The molecule has 4 heterocycles. The summed E-state index contributed by atoms with van der Waals surface area (Å²) in [5, 5.41) is 9.00. The number of benzene rings is 4. The predicted molar refractivity (Wildman–Crippen MR) is 238 cm³/mol. The van der Waals surface area contributed by atoms with Gasteiger partial charge >= 0.3 is 0 Å². The van der Waals surface area contributed by atoms with Crippen LogP contribution in [0.15, 0.2) is 109 Å². The molecule has 2 aliphatic rings. The zero-order chi connectivity index (χ0) is 41.4. The van der Waals surface area contributed by atoms with Crippen LogP contribution >= 0.6 is 0 Å². The molecule has 59 heavy (non-hydrogen) atoms. The van der Waals surface area contributed by atoms with Crippen LogP contribution in [0.4, 0.5) is 23.5 Å². The van der Waals surface area contributed by atoms with Crippen LogP contribution in [0.3, 0.4) is 0 Å². The van der Waals surface area contributed by atoms with Gasteiger partial charge in [0, 0.05) is 87.6 Å². The number of nitrogens with zero attached hydrogens (tertiary/aromatic N) is 8. The third kappa shape index (κ3) is 10.2. The zero-order valence-electron chi connectivity index (χ0n) is 34.9. The van der Waals surface area contributed by atoms with Crippen LogP contribution in [0.1, 0.15) is 45.7 Å². The van der Waals surface area contributed by atoms with Crippen LogP contribution in [0.25, 0.3) is 21.8 Å². The summed E-state index contributed by atoms with van der Waals surface area (Å²) in [6.07, 6.45) is 0. The summed E-state index contributed by atoms with van der Waals surface area (Å²) in [7, 11) is 0. The number of carbonyl (C=O) groups excluding carboxylic acids is 2. The number of piperazine rings is 2. The molecule has 0 bridgehead atoms. The van der Waals surface area contributed by atoms with Gasteiger partial charge in [0.15, 0.2) is 0 Å². The highest BCUT2D eigenvalue weighted by molar-refractivity contribution is 5.91. The van der Waals surface area contributed by atoms with Crippen LogP contribution in [0.5, 0.6) is 0 Å². The van der Waals surface area contributed by atoms with Crippen LogP contribution in [-0.2, 0) is 22.7 Å². The van der Waals surface area contributed by atoms with Gasteiger partial charge in [0.2, 0.25) is 23.7 Å². The van der Waals surface area contributed by atoms with Gasteiger partial charge in [-0.1, -0.05) is 120 Å². The van der Waals surface area contributed by atoms with Crippen molar-refractivity contribution in [3.05, 3.63) is 120 Å². The summed E-state index contributed by atoms with van der Waals surface area (Å²) in [6.45, 7) is 17.0. The van der Waals surface area contributed by atoms with E-state index in [1.54, 1.807) is 0 Å². The molecule has 0 atom stereocenters. The van der Waals surface area contributed by atoms with Crippen molar-refractivity contribution in [1.29, 1.82) is 0 Å². The van der Waals surface area contributed by atoms with Gasteiger partial charge in [0.05, 0.1) is 11.0 Å². The Morgan fingerprint density at radius 3 is 1.34 bits per heavy atom. The molecule has 2 amide bonds. The van der Waals surface area contributed by atoms with Crippen molar-refractivity contribution in [1.82, 2.24) is 29.7 Å². The third-order valence-electron chi connectivity index (χ3n) is 10.6. The first-order valence-electron chi connectivity index (χ1n) is 20.7. The SMILES string of the molecule is CC(C)(C)C(=O)N1CCN(c2nc(NCc3ccccc3)c3ccccc3n2)CC1.CC(C)C(=O)N1CCN(c2nc(NCc3ccccc3)c3ccccc3n2)CC1. The molecular weight excluding hydrogens is 737 g/mol. The number of fused-ring (bicyclic) bond motifs is 2. The van der Waals surface area contributed by atoms with Gasteiger partial charge < -0.3 is 30.2 Å². The average Bonchev–Trinajstić information content (AvgIpc) is 3.27. The molecule has 0 saturated carbocycles. The van der Waals surface area contributed by atoms with E-state index < -0.39 is 0 Å². The third-order valence-corrected chi connectivity index (χ3v) is 10.6. The highest BCUT2D eigenvalue weighted by Gasteiger charge is 2.30. The largest absolute Gasteiger partial charge is 0.365 e. The summed E-state index contributed by atoms with van der Waals surface area (Å²) in [5.74, 6) is 3.57. The summed E-state index contributed by atoms with van der Waals surface area (Å²) in [4.78, 5) is 52.4. The number of hydrogen-bond donors (Lipinski definition) is 2. The Morgan fingerprint density at radius 2 is 0.932 bits per heavy atom. The molecule has 12 nitrogen and oxygen atoms in total. The van der Waals surface area contributed by atoms with E-state index in [4.69, 9.17) is 19.9 Å². The smallest absolute Gasteiger partial charge is 0.228 e. The van der Waals surface area contributed by atoms with Crippen molar-refractivity contribution in [3.8, 4) is 0 Å². The first kappa shape index (κ1) is 40.9. The molecule has 0 aliphatic carbocycles. The topological polar surface area (TPSA) is 123 Å². The van der Waals surface area contributed by atoms with E-state index >= 15 is 0 Å². The lowest BCUT2D eigenvalue weighted by molar-refractivity contribution is -0.139. The fourth-order valence-corrected chi connectivity index (χ4v) is 7.32. The molecule has 2 aliphatic heterocycles. The molecule has 0 unspecified atom stereocenters. The van der Waals surface area contributed by atoms with Crippen molar-refractivity contribution in [3.63, 3.8) is 0 Å². The maximum Gasteiger partial charge on any atom is 0.228 e. The number of amides is 2. The molecule has 6 aromatic rings. The summed E-state index contributed by atoms with van der Waals surface area (Å²) in [6, 6.07) is 36.8. The lowest BCUT2D eigenvalue weighted by Gasteiger charge is -2.37. The monoisotopic (exact) mass is 792 g/mol. The second-order valence-electron chi connectivity index (χ2n) is 16.5. The molecule has 2 N–H and O–H groups in total. The van der Waals surface area contributed by atoms with Crippen molar-refractivity contribution in [2.24, 2.45) is 11.3 Å². The molecule has 4 aromatic carbocycles. The Morgan fingerprint density at radius 1 is 0.542 bits per heavy atom. The first-order chi connectivity index (χ1) is 28.5. The first-order valence-corrected chi connectivity index (χ1v) is 20.7.